The number of aromatic nitrogens is 2. The van der Waals surface area contributed by atoms with Gasteiger partial charge in [-0.05, 0) is 77.7 Å². The summed E-state index contributed by atoms with van der Waals surface area (Å²) in [6.07, 6.45) is 11.1. The molecule has 0 amide bonds. The minimum atomic E-state index is 0.681. The van der Waals surface area contributed by atoms with E-state index >= 15 is 0 Å². The van der Waals surface area contributed by atoms with Crippen LogP contribution in [0.1, 0.15) is 74.6 Å². The molecule has 1 aromatic rings. The maximum absolute atomic E-state index is 11.3. The van der Waals surface area contributed by atoms with Gasteiger partial charge in [-0.1, -0.05) is 0 Å². The van der Waals surface area contributed by atoms with Crippen LogP contribution in [0.2, 0.25) is 0 Å². The fourth-order valence-corrected chi connectivity index (χ4v) is 4.28. The van der Waals surface area contributed by atoms with Crippen LogP contribution in [0, 0.1) is 5.92 Å². The summed E-state index contributed by atoms with van der Waals surface area (Å²) in [6.45, 7) is 9.28. The summed E-state index contributed by atoms with van der Waals surface area (Å²) in [6, 6.07) is 0. The molecule has 2 aliphatic rings. The van der Waals surface area contributed by atoms with Gasteiger partial charge in [0.05, 0.1) is 0 Å². The first-order chi connectivity index (χ1) is 12.6. The van der Waals surface area contributed by atoms with Crippen molar-refractivity contribution in [2.24, 2.45) is 10.9 Å². The molecule has 1 fully saturated rings. The van der Waals surface area contributed by atoms with Gasteiger partial charge in [-0.3, -0.25) is 9.48 Å². The fourth-order valence-electron chi connectivity index (χ4n) is 4.28. The third-order valence-corrected chi connectivity index (χ3v) is 5.68. The molecule has 1 aliphatic heterocycles. The Hall–Kier alpha value is -1.91. The van der Waals surface area contributed by atoms with Crippen LogP contribution in [0.4, 0.5) is 0 Å². The lowest BCUT2D eigenvalue weighted by Gasteiger charge is -2.33. The topological polar surface area (TPSA) is 50.5 Å². The van der Waals surface area contributed by atoms with Crippen LogP contribution in [-0.4, -0.2) is 39.8 Å². The fraction of sp³-hybridized carbons (Fsp3) is 0.667. The lowest BCUT2D eigenvalue weighted by molar-refractivity contribution is 0.111. The van der Waals surface area contributed by atoms with E-state index in [9.17, 15) is 4.79 Å². The molecule has 1 saturated heterocycles. The van der Waals surface area contributed by atoms with E-state index in [4.69, 9.17) is 0 Å². The molecule has 142 valence electrons. The van der Waals surface area contributed by atoms with Crippen molar-refractivity contribution >= 4 is 12.0 Å². The summed E-state index contributed by atoms with van der Waals surface area (Å²) in [7, 11) is 0. The predicted molar refractivity (Wildman–Crippen MR) is 106 cm³/mol. The molecule has 5 nitrogen and oxygen atoms in total. The third kappa shape index (κ3) is 4.25. The van der Waals surface area contributed by atoms with Gasteiger partial charge in [0, 0.05) is 36.6 Å². The summed E-state index contributed by atoms with van der Waals surface area (Å²) in [5, 5.41) is 4.60. The standard InChI is InChI=1S/C21H32N4O/c1-4-21(22-16(2)3)24-12-9-17(10-13-24)11-14-25-20-8-6-5-7-18(20)19(15-26)23-25/h4,15,17H,5-14H2,1-3H3/b21-4+. The number of allylic oxidation sites excluding steroid dienone is 1. The molecule has 1 aliphatic carbocycles. The first-order valence-corrected chi connectivity index (χ1v) is 10.1. The number of aliphatic imine (C=N–C) groups is 1. The molecular formula is C21H32N4O. The minimum absolute atomic E-state index is 0.681. The van der Waals surface area contributed by atoms with Gasteiger partial charge in [0.2, 0.25) is 0 Å². The Balaban J connectivity index is 1.55. The van der Waals surface area contributed by atoms with Crippen LogP contribution in [0.25, 0.3) is 0 Å². The first-order valence-electron chi connectivity index (χ1n) is 10.1. The van der Waals surface area contributed by atoms with E-state index in [0.717, 1.165) is 62.6 Å². The molecule has 0 saturated carbocycles. The normalized spacial score (nSPS) is 18.6. The highest BCUT2D eigenvalue weighted by molar-refractivity contribution is 5.80. The second kappa shape index (κ2) is 8.65. The second-order valence-corrected chi connectivity index (χ2v) is 7.78. The molecule has 0 radical (unpaired) electrons. The summed E-state index contributed by atoms with van der Waals surface area (Å²) in [4.78, 5) is 18.4. The summed E-state index contributed by atoms with van der Waals surface area (Å²) < 4.78 is 2.13. The molecule has 0 bridgehead atoms. The summed E-state index contributed by atoms with van der Waals surface area (Å²) in [5.41, 5.74) is 4.32. The molecule has 0 atom stereocenters. The molecule has 0 N–H and O–H groups in total. The van der Waals surface area contributed by atoms with Crippen LogP contribution in [0.15, 0.2) is 16.9 Å². The number of carbonyl (C=O) groups is 1. The van der Waals surface area contributed by atoms with E-state index in [2.05, 4.69) is 46.5 Å². The number of fused-ring (bicyclic) bond motifs is 1. The van der Waals surface area contributed by atoms with Crippen molar-refractivity contribution in [3.8, 4) is 0 Å². The van der Waals surface area contributed by atoms with Gasteiger partial charge in [-0.2, -0.15) is 5.10 Å². The molecule has 5 heteroatoms. The van der Waals surface area contributed by atoms with Crippen molar-refractivity contribution in [2.75, 3.05) is 13.1 Å². The molecule has 0 aromatic carbocycles. The zero-order valence-corrected chi connectivity index (χ0v) is 16.5. The Bertz CT molecular complexity index is 689. The van der Waals surface area contributed by atoms with Crippen molar-refractivity contribution < 1.29 is 4.79 Å². The Labute approximate surface area is 157 Å². The molecule has 2 heterocycles. The molecule has 1 aromatic heterocycles. The van der Waals surface area contributed by atoms with Crippen LogP contribution < -0.4 is 0 Å². The molecule has 0 unspecified atom stereocenters. The second-order valence-electron chi connectivity index (χ2n) is 7.78. The number of aryl methyl sites for hydroxylation is 1. The van der Waals surface area contributed by atoms with Gasteiger partial charge < -0.3 is 4.90 Å². The number of hydrogen-bond acceptors (Lipinski definition) is 4. The monoisotopic (exact) mass is 356 g/mol. The quantitative estimate of drug-likeness (QED) is 0.571. The van der Waals surface area contributed by atoms with Gasteiger partial charge in [0.15, 0.2) is 6.29 Å². The van der Waals surface area contributed by atoms with Crippen molar-refractivity contribution in [3.05, 3.63) is 28.8 Å². The Morgan fingerprint density at radius 3 is 2.62 bits per heavy atom. The average Bonchev–Trinajstić information content (AvgIpc) is 3.03. The zero-order valence-electron chi connectivity index (χ0n) is 16.5. The van der Waals surface area contributed by atoms with E-state index < -0.39 is 0 Å². The summed E-state index contributed by atoms with van der Waals surface area (Å²) >= 11 is 0. The van der Waals surface area contributed by atoms with Crippen molar-refractivity contribution in [2.45, 2.75) is 72.3 Å². The number of piperidine rings is 1. The Morgan fingerprint density at radius 1 is 1.23 bits per heavy atom. The number of aldehydes is 1. The average molecular weight is 357 g/mol. The maximum Gasteiger partial charge on any atom is 0.170 e. The highest BCUT2D eigenvalue weighted by atomic mass is 16.1. The number of likely N-dealkylation sites (tertiary alicyclic amines) is 1. The lowest BCUT2D eigenvalue weighted by atomic mass is 9.93. The Morgan fingerprint density at radius 2 is 1.96 bits per heavy atom. The van der Waals surface area contributed by atoms with Crippen molar-refractivity contribution in [1.29, 1.82) is 0 Å². The van der Waals surface area contributed by atoms with Crippen molar-refractivity contribution in [1.82, 2.24) is 14.7 Å². The Kier molecular flexibility index (Phi) is 6.28. The predicted octanol–water partition coefficient (Wildman–Crippen LogP) is 4.02. The van der Waals surface area contributed by atoms with Gasteiger partial charge in [-0.25, -0.2) is 4.99 Å². The summed E-state index contributed by atoms with van der Waals surface area (Å²) in [5.74, 6) is 1.85. The van der Waals surface area contributed by atoms with E-state index in [1.165, 1.54) is 36.9 Å². The zero-order chi connectivity index (χ0) is 18.5. The molecule has 3 rings (SSSR count). The molecule has 26 heavy (non-hydrogen) atoms. The number of nitrogens with zero attached hydrogens (tertiary/aromatic N) is 4. The van der Waals surface area contributed by atoms with Gasteiger partial charge in [0.1, 0.15) is 11.5 Å². The molecular weight excluding hydrogens is 324 g/mol. The van der Waals surface area contributed by atoms with Gasteiger partial charge in [0.25, 0.3) is 0 Å². The highest BCUT2D eigenvalue weighted by Gasteiger charge is 2.23. The van der Waals surface area contributed by atoms with E-state index in [-0.39, 0.29) is 0 Å². The van der Waals surface area contributed by atoms with E-state index in [0.29, 0.717) is 5.69 Å². The maximum atomic E-state index is 11.3. The largest absolute Gasteiger partial charge is 0.357 e. The number of rotatable bonds is 6. The van der Waals surface area contributed by atoms with Crippen molar-refractivity contribution in [3.63, 3.8) is 0 Å². The van der Waals surface area contributed by atoms with Gasteiger partial charge >= 0.3 is 0 Å². The van der Waals surface area contributed by atoms with Crippen LogP contribution in [0.3, 0.4) is 0 Å². The van der Waals surface area contributed by atoms with Crippen LogP contribution in [-0.2, 0) is 19.4 Å². The lowest BCUT2D eigenvalue weighted by Crippen LogP contribution is -2.33. The number of hydrogen-bond donors (Lipinski definition) is 0. The SMILES string of the molecule is C/C=C(\N=C(C)C)N1CCC(CCn2nc(C=O)c3c2CCCC3)CC1. The molecule has 0 spiro atoms. The van der Waals surface area contributed by atoms with Crippen LogP contribution >= 0.6 is 0 Å². The highest BCUT2D eigenvalue weighted by Crippen LogP contribution is 2.27. The minimum Gasteiger partial charge on any atom is -0.357 e. The van der Waals surface area contributed by atoms with Gasteiger partial charge in [-0.15, -0.1) is 0 Å². The van der Waals surface area contributed by atoms with E-state index in [1.54, 1.807) is 0 Å². The van der Waals surface area contributed by atoms with Crippen LogP contribution in [0.5, 0.6) is 0 Å². The first kappa shape index (κ1) is 18.9. The smallest absolute Gasteiger partial charge is 0.170 e. The van der Waals surface area contributed by atoms with E-state index in [1.807, 2.05) is 0 Å². The third-order valence-electron chi connectivity index (χ3n) is 5.68. The number of carbonyl (C=O) groups excluding carboxylic acids is 1.